The first kappa shape index (κ1) is 18.4. The summed E-state index contributed by atoms with van der Waals surface area (Å²) in [6.45, 7) is 7.13. The molecule has 120 valence electrons. The van der Waals surface area contributed by atoms with Crippen molar-refractivity contribution in [2.75, 3.05) is 6.54 Å². The van der Waals surface area contributed by atoms with Crippen LogP contribution in [-0.2, 0) is 10.0 Å². The molecule has 1 aliphatic rings. The maximum Gasteiger partial charge on any atom is 0.240 e. The average molecular weight is 333 g/mol. The summed E-state index contributed by atoms with van der Waals surface area (Å²) in [5.74, 6) is 0.407. The maximum absolute atomic E-state index is 12.4. The molecule has 2 N–H and O–H groups in total. The van der Waals surface area contributed by atoms with Crippen LogP contribution in [0.3, 0.4) is 0 Å². The third kappa shape index (κ3) is 4.95. The molecule has 0 amide bonds. The Labute approximate surface area is 134 Å². The molecule has 0 aliphatic carbocycles. The van der Waals surface area contributed by atoms with E-state index in [9.17, 15) is 8.42 Å². The zero-order valence-electron chi connectivity index (χ0n) is 12.8. The Balaban J connectivity index is 0.00000220. The van der Waals surface area contributed by atoms with Gasteiger partial charge in [-0.2, -0.15) is 0 Å². The van der Waals surface area contributed by atoms with Gasteiger partial charge < -0.3 is 5.32 Å². The quantitative estimate of drug-likeness (QED) is 0.891. The summed E-state index contributed by atoms with van der Waals surface area (Å²) in [6, 6.07) is 7.57. The van der Waals surface area contributed by atoms with E-state index < -0.39 is 10.0 Å². The van der Waals surface area contributed by atoms with Crippen molar-refractivity contribution in [2.45, 2.75) is 56.5 Å². The van der Waals surface area contributed by atoms with Crippen molar-refractivity contribution in [1.82, 2.24) is 10.0 Å². The molecule has 0 bridgehead atoms. The highest BCUT2D eigenvalue weighted by atomic mass is 35.5. The summed E-state index contributed by atoms with van der Waals surface area (Å²) < 4.78 is 27.5. The number of halogens is 1. The lowest BCUT2D eigenvalue weighted by Gasteiger charge is -2.28. The first-order chi connectivity index (χ1) is 9.38. The molecule has 1 aliphatic heterocycles. The van der Waals surface area contributed by atoms with E-state index in [4.69, 9.17) is 0 Å². The van der Waals surface area contributed by atoms with Crippen LogP contribution in [0.1, 0.15) is 45.1 Å². The molecule has 6 heteroatoms. The van der Waals surface area contributed by atoms with Crippen LogP contribution in [-0.4, -0.2) is 27.0 Å². The zero-order valence-corrected chi connectivity index (χ0v) is 14.4. The van der Waals surface area contributed by atoms with Gasteiger partial charge in [0.25, 0.3) is 0 Å². The van der Waals surface area contributed by atoms with E-state index in [-0.39, 0.29) is 18.4 Å². The minimum absolute atomic E-state index is 0. The smallest absolute Gasteiger partial charge is 0.240 e. The molecule has 0 aromatic heterocycles. The van der Waals surface area contributed by atoms with E-state index in [1.807, 2.05) is 12.1 Å². The Morgan fingerprint density at radius 2 is 1.86 bits per heavy atom. The van der Waals surface area contributed by atoms with Crippen molar-refractivity contribution in [3.63, 3.8) is 0 Å². The molecule has 2 rings (SSSR count). The molecular formula is C15H25ClN2O2S. The number of nitrogens with one attached hydrogen (secondary N) is 2. The fourth-order valence-corrected chi connectivity index (χ4v) is 3.84. The van der Waals surface area contributed by atoms with E-state index in [0.717, 1.165) is 24.9 Å². The van der Waals surface area contributed by atoms with Crippen LogP contribution in [0.5, 0.6) is 0 Å². The summed E-state index contributed by atoms with van der Waals surface area (Å²) in [5, 5.41) is 3.32. The van der Waals surface area contributed by atoms with E-state index in [1.54, 1.807) is 12.1 Å². The highest BCUT2D eigenvalue weighted by Gasteiger charge is 2.24. The van der Waals surface area contributed by atoms with Crippen LogP contribution in [0.4, 0.5) is 0 Å². The van der Waals surface area contributed by atoms with Crippen LogP contribution >= 0.6 is 12.4 Å². The zero-order chi connectivity index (χ0) is 14.8. The Kier molecular flexibility index (Phi) is 6.66. The second-order valence-electron chi connectivity index (χ2n) is 5.92. The molecule has 2 atom stereocenters. The number of sulfonamides is 1. The molecule has 4 nitrogen and oxygen atoms in total. The first-order valence-corrected chi connectivity index (χ1v) is 8.72. The fraction of sp³-hybridized carbons (Fsp3) is 0.600. The fourth-order valence-electron chi connectivity index (χ4n) is 2.56. The molecule has 1 aromatic carbocycles. The van der Waals surface area contributed by atoms with E-state index in [0.29, 0.717) is 16.9 Å². The highest BCUT2D eigenvalue weighted by molar-refractivity contribution is 7.89. The van der Waals surface area contributed by atoms with Gasteiger partial charge >= 0.3 is 0 Å². The minimum Gasteiger partial charge on any atom is -0.314 e. The molecule has 1 fully saturated rings. The predicted octanol–water partition coefficient (Wildman–Crippen LogP) is 2.65. The number of rotatable bonds is 4. The molecule has 1 saturated heterocycles. The number of piperidine rings is 1. The van der Waals surface area contributed by atoms with Gasteiger partial charge in [-0.1, -0.05) is 26.0 Å². The molecule has 1 heterocycles. The molecule has 2 unspecified atom stereocenters. The lowest BCUT2D eigenvalue weighted by Crippen LogP contribution is -2.46. The highest BCUT2D eigenvalue weighted by Crippen LogP contribution is 2.18. The normalized spacial score (nSPS) is 22.9. The molecule has 0 radical (unpaired) electrons. The van der Waals surface area contributed by atoms with E-state index in [1.165, 1.54) is 0 Å². The lowest BCUT2D eigenvalue weighted by atomic mass is 10.0. The standard InChI is InChI=1S/C15H24N2O2S.ClH/c1-11(2)13-4-6-15(7-5-13)20(18,19)17-14-8-9-16-12(3)10-14;/h4-7,11-12,14,16-17H,8-10H2,1-3H3;1H. The van der Waals surface area contributed by atoms with Gasteiger partial charge in [-0.25, -0.2) is 13.1 Å². The predicted molar refractivity (Wildman–Crippen MR) is 88.6 cm³/mol. The lowest BCUT2D eigenvalue weighted by molar-refractivity contribution is 0.361. The average Bonchev–Trinajstić information content (AvgIpc) is 2.38. The van der Waals surface area contributed by atoms with Crippen molar-refractivity contribution in [3.05, 3.63) is 29.8 Å². The van der Waals surface area contributed by atoms with Gasteiger partial charge in [0, 0.05) is 12.1 Å². The summed E-state index contributed by atoms with van der Waals surface area (Å²) in [5.41, 5.74) is 1.15. The second-order valence-corrected chi connectivity index (χ2v) is 7.64. The van der Waals surface area contributed by atoms with Gasteiger partial charge in [0.2, 0.25) is 10.0 Å². The van der Waals surface area contributed by atoms with E-state index in [2.05, 4.69) is 30.8 Å². The summed E-state index contributed by atoms with van der Waals surface area (Å²) in [6.07, 6.45) is 1.68. The summed E-state index contributed by atoms with van der Waals surface area (Å²) in [7, 11) is -3.40. The van der Waals surface area contributed by atoms with Gasteiger partial charge in [0.15, 0.2) is 0 Å². The van der Waals surface area contributed by atoms with Gasteiger partial charge in [-0.05, 0) is 49.9 Å². The summed E-state index contributed by atoms with van der Waals surface area (Å²) >= 11 is 0. The van der Waals surface area contributed by atoms with Crippen LogP contribution in [0.25, 0.3) is 0 Å². The number of hydrogen-bond acceptors (Lipinski definition) is 3. The number of benzene rings is 1. The van der Waals surface area contributed by atoms with Crippen LogP contribution in [0.2, 0.25) is 0 Å². The van der Waals surface area contributed by atoms with Gasteiger partial charge in [-0.15, -0.1) is 12.4 Å². The van der Waals surface area contributed by atoms with Crippen LogP contribution in [0, 0.1) is 0 Å². The van der Waals surface area contributed by atoms with Crippen molar-refractivity contribution in [2.24, 2.45) is 0 Å². The Morgan fingerprint density at radius 1 is 1.24 bits per heavy atom. The molecular weight excluding hydrogens is 308 g/mol. The van der Waals surface area contributed by atoms with Crippen LogP contribution < -0.4 is 10.0 Å². The maximum atomic E-state index is 12.4. The van der Waals surface area contributed by atoms with E-state index >= 15 is 0 Å². The number of hydrogen-bond donors (Lipinski definition) is 2. The minimum atomic E-state index is -3.40. The van der Waals surface area contributed by atoms with Crippen molar-refractivity contribution in [1.29, 1.82) is 0 Å². The SMILES string of the molecule is CC1CC(NS(=O)(=O)c2ccc(C(C)C)cc2)CCN1.Cl. The van der Waals surface area contributed by atoms with Crippen molar-refractivity contribution in [3.8, 4) is 0 Å². The van der Waals surface area contributed by atoms with Gasteiger partial charge in [0.05, 0.1) is 4.90 Å². The Bertz CT molecular complexity index is 543. The third-order valence-electron chi connectivity index (χ3n) is 3.80. The molecule has 0 saturated carbocycles. The van der Waals surface area contributed by atoms with Gasteiger partial charge in [-0.3, -0.25) is 0 Å². The summed E-state index contributed by atoms with van der Waals surface area (Å²) in [4.78, 5) is 0.355. The molecule has 0 spiro atoms. The topological polar surface area (TPSA) is 58.2 Å². The van der Waals surface area contributed by atoms with Gasteiger partial charge in [0.1, 0.15) is 0 Å². The Hall–Kier alpha value is -0.620. The van der Waals surface area contributed by atoms with Crippen molar-refractivity contribution >= 4 is 22.4 Å². The second kappa shape index (κ2) is 7.58. The molecule has 21 heavy (non-hydrogen) atoms. The van der Waals surface area contributed by atoms with Crippen molar-refractivity contribution < 1.29 is 8.42 Å². The third-order valence-corrected chi connectivity index (χ3v) is 5.34. The Morgan fingerprint density at radius 3 is 2.38 bits per heavy atom. The van der Waals surface area contributed by atoms with Crippen LogP contribution in [0.15, 0.2) is 29.2 Å². The largest absolute Gasteiger partial charge is 0.314 e. The molecule has 1 aromatic rings. The first-order valence-electron chi connectivity index (χ1n) is 7.24. The monoisotopic (exact) mass is 332 g/mol.